The number of hydrogen-bond acceptors (Lipinski definition) is 5. The Hall–Kier alpha value is -1.56. The van der Waals surface area contributed by atoms with Crippen LogP contribution in [0.4, 0.5) is 0 Å². The lowest BCUT2D eigenvalue weighted by molar-refractivity contribution is -0.284. The highest BCUT2D eigenvalue weighted by atomic mass is 32.2. The maximum absolute atomic E-state index is 11.4. The van der Waals surface area contributed by atoms with Crippen molar-refractivity contribution >= 4 is 17.7 Å². The summed E-state index contributed by atoms with van der Waals surface area (Å²) in [7, 11) is 0. The molecule has 0 radical (unpaired) electrons. The summed E-state index contributed by atoms with van der Waals surface area (Å²) in [5.74, 6) is 0.465. The van der Waals surface area contributed by atoms with E-state index in [1.165, 1.54) is 6.07 Å². The number of ketones is 1. The number of ether oxygens (including phenoxy) is 1. The van der Waals surface area contributed by atoms with Gasteiger partial charge in [0, 0.05) is 12.5 Å². The molecular formula is C9H7NO4S. The molecule has 1 aliphatic heterocycles. The zero-order valence-electron chi connectivity index (χ0n) is 7.63. The number of fused-ring (bicyclic) bond motifs is 1. The fourth-order valence-electron chi connectivity index (χ4n) is 1.38. The zero-order chi connectivity index (χ0) is 10.8. The Balaban J connectivity index is 2.33. The summed E-state index contributed by atoms with van der Waals surface area (Å²) in [6.07, 6.45) is 0.370. The van der Waals surface area contributed by atoms with Crippen LogP contribution in [0.1, 0.15) is 16.8 Å². The SMILES string of the molecule is O=C1CCOc2cc(S[N+](=O)[O-])ccc21. The second-order valence-electron chi connectivity index (χ2n) is 2.99. The van der Waals surface area contributed by atoms with Crippen molar-refractivity contribution in [3.63, 3.8) is 0 Å². The van der Waals surface area contributed by atoms with Crippen LogP contribution < -0.4 is 4.74 Å². The van der Waals surface area contributed by atoms with Gasteiger partial charge in [-0.05, 0) is 12.1 Å². The van der Waals surface area contributed by atoms with Crippen molar-refractivity contribution in [1.82, 2.24) is 0 Å². The van der Waals surface area contributed by atoms with Gasteiger partial charge in [0.1, 0.15) is 10.1 Å². The van der Waals surface area contributed by atoms with Gasteiger partial charge in [0.05, 0.1) is 17.1 Å². The Morgan fingerprint density at radius 2 is 2.27 bits per heavy atom. The average Bonchev–Trinajstić information content (AvgIpc) is 2.17. The summed E-state index contributed by atoms with van der Waals surface area (Å²) in [6.45, 7) is 0.346. The van der Waals surface area contributed by atoms with Gasteiger partial charge < -0.3 is 4.74 Å². The van der Waals surface area contributed by atoms with Crippen LogP contribution in [0.5, 0.6) is 5.75 Å². The van der Waals surface area contributed by atoms with Gasteiger partial charge >= 0.3 is 0 Å². The first kappa shape index (κ1) is 9.97. The van der Waals surface area contributed by atoms with E-state index in [4.69, 9.17) is 4.74 Å². The van der Waals surface area contributed by atoms with E-state index in [2.05, 4.69) is 0 Å². The summed E-state index contributed by atoms with van der Waals surface area (Å²) >= 11 is 0.503. The number of hydrogen-bond donors (Lipinski definition) is 0. The summed E-state index contributed by atoms with van der Waals surface area (Å²) in [6, 6.07) is 4.65. The van der Waals surface area contributed by atoms with Crippen LogP contribution in [0.15, 0.2) is 23.1 Å². The Morgan fingerprint density at radius 1 is 1.47 bits per heavy atom. The second kappa shape index (κ2) is 3.90. The highest BCUT2D eigenvalue weighted by molar-refractivity contribution is 7.93. The van der Waals surface area contributed by atoms with Crippen molar-refractivity contribution in [2.24, 2.45) is 0 Å². The van der Waals surface area contributed by atoms with Crippen LogP contribution in [-0.2, 0) is 0 Å². The van der Waals surface area contributed by atoms with Gasteiger partial charge in [-0.2, -0.15) is 0 Å². The van der Waals surface area contributed by atoms with Gasteiger partial charge in [0.25, 0.3) is 11.9 Å². The molecule has 0 N–H and O–H groups in total. The van der Waals surface area contributed by atoms with Gasteiger partial charge in [-0.1, -0.05) is 0 Å². The lowest BCUT2D eigenvalue weighted by Crippen LogP contribution is -2.15. The van der Waals surface area contributed by atoms with Crippen molar-refractivity contribution in [2.45, 2.75) is 11.3 Å². The molecule has 0 atom stereocenters. The van der Waals surface area contributed by atoms with Crippen LogP contribution >= 0.6 is 11.9 Å². The van der Waals surface area contributed by atoms with Gasteiger partial charge in [0.15, 0.2) is 5.78 Å². The Kier molecular flexibility index (Phi) is 2.59. The van der Waals surface area contributed by atoms with E-state index < -0.39 is 4.33 Å². The normalized spacial score (nSPS) is 14.3. The summed E-state index contributed by atoms with van der Waals surface area (Å²) in [5, 5.41) is 10.3. The standard InChI is InChI=1S/C9H7NO4S/c11-8-3-4-14-9-5-6(15-10(12)13)1-2-7(8)9/h1-2,5H,3-4H2. The van der Waals surface area contributed by atoms with E-state index in [1.54, 1.807) is 12.1 Å². The predicted octanol–water partition coefficient (Wildman–Crippen LogP) is 1.94. The molecule has 78 valence electrons. The highest BCUT2D eigenvalue weighted by Crippen LogP contribution is 2.30. The average molecular weight is 225 g/mol. The topological polar surface area (TPSA) is 69.4 Å². The Morgan fingerprint density at radius 3 is 3.00 bits per heavy atom. The fraction of sp³-hybridized carbons (Fsp3) is 0.222. The molecule has 1 aliphatic rings. The molecule has 0 saturated carbocycles. The molecule has 0 spiro atoms. The number of carbonyl (C=O) groups is 1. The molecule has 1 heterocycles. The number of carbonyl (C=O) groups excluding carboxylic acids is 1. The van der Waals surface area contributed by atoms with E-state index in [1.807, 2.05) is 0 Å². The maximum Gasteiger partial charge on any atom is 0.265 e. The van der Waals surface area contributed by atoms with Gasteiger partial charge in [-0.15, -0.1) is 0 Å². The molecule has 15 heavy (non-hydrogen) atoms. The quantitative estimate of drug-likeness (QED) is 0.437. The Labute approximate surface area is 89.7 Å². The molecule has 1 aromatic carbocycles. The molecule has 0 fully saturated rings. The highest BCUT2D eigenvalue weighted by Gasteiger charge is 2.19. The smallest absolute Gasteiger partial charge is 0.265 e. The third-order valence-electron chi connectivity index (χ3n) is 2.02. The molecule has 0 amide bonds. The summed E-state index contributed by atoms with van der Waals surface area (Å²) < 4.78 is 4.77. The summed E-state index contributed by atoms with van der Waals surface area (Å²) in [4.78, 5) is 22.1. The Bertz CT molecular complexity index is 432. The van der Waals surface area contributed by atoms with Gasteiger partial charge in [-0.3, -0.25) is 14.9 Å². The minimum Gasteiger partial charge on any atom is -0.492 e. The van der Waals surface area contributed by atoms with E-state index in [-0.39, 0.29) is 5.78 Å². The van der Waals surface area contributed by atoms with Crippen molar-refractivity contribution in [3.8, 4) is 5.75 Å². The van der Waals surface area contributed by atoms with Crippen LogP contribution in [0.25, 0.3) is 0 Å². The minimum atomic E-state index is -0.494. The molecule has 0 saturated heterocycles. The van der Waals surface area contributed by atoms with Crippen molar-refractivity contribution in [1.29, 1.82) is 0 Å². The molecule has 6 heteroatoms. The molecular weight excluding hydrogens is 218 g/mol. The minimum absolute atomic E-state index is 0.0221. The number of nitrogens with zero attached hydrogens (tertiary/aromatic N) is 1. The number of nitro groups is 1. The molecule has 0 aromatic heterocycles. The van der Waals surface area contributed by atoms with Crippen LogP contribution in [0.2, 0.25) is 0 Å². The van der Waals surface area contributed by atoms with Gasteiger partial charge in [-0.25, -0.2) is 0 Å². The molecule has 0 unspecified atom stereocenters. The van der Waals surface area contributed by atoms with E-state index in [0.717, 1.165) is 0 Å². The number of rotatable bonds is 2. The first-order valence-electron chi connectivity index (χ1n) is 4.29. The molecule has 2 rings (SSSR count). The third kappa shape index (κ3) is 2.10. The molecule has 5 nitrogen and oxygen atoms in total. The number of benzene rings is 1. The third-order valence-corrected chi connectivity index (χ3v) is 2.63. The first-order chi connectivity index (χ1) is 7.16. The molecule has 1 aromatic rings. The lowest BCUT2D eigenvalue weighted by Gasteiger charge is -2.15. The molecule has 0 bridgehead atoms. The fourth-order valence-corrected chi connectivity index (χ4v) is 1.84. The van der Waals surface area contributed by atoms with E-state index >= 15 is 0 Å². The predicted molar refractivity (Wildman–Crippen MR) is 53.7 cm³/mol. The van der Waals surface area contributed by atoms with Crippen molar-refractivity contribution < 1.29 is 13.9 Å². The van der Waals surface area contributed by atoms with Crippen LogP contribution in [0.3, 0.4) is 0 Å². The largest absolute Gasteiger partial charge is 0.492 e. The summed E-state index contributed by atoms with van der Waals surface area (Å²) in [5.41, 5.74) is 0.508. The monoisotopic (exact) mass is 225 g/mol. The van der Waals surface area contributed by atoms with Crippen LogP contribution in [-0.4, -0.2) is 16.7 Å². The van der Waals surface area contributed by atoms with Crippen molar-refractivity contribution in [3.05, 3.63) is 33.9 Å². The zero-order valence-corrected chi connectivity index (χ0v) is 8.45. The lowest BCUT2D eigenvalue weighted by atomic mass is 10.1. The van der Waals surface area contributed by atoms with Crippen LogP contribution in [0, 0.1) is 10.1 Å². The van der Waals surface area contributed by atoms with E-state index in [0.29, 0.717) is 41.2 Å². The second-order valence-corrected chi connectivity index (χ2v) is 3.95. The maximum atomic E-state index is 11.4. The van der Waals surface area contributed by atoms with Gasteiger partial charge in [0.2, 0.25) is 0 Å². The van der Waals surface area contributed by atoms with Crippen molar-refractivity contribution in [2.75, 3.05) is 6.61 Å². The van der Waals surface area contributed by atoms with E-state index in [9.17, 15) is 14.9 Å². The molecule has 0 aliphatic carbocycles. The number of Topliss-reactive ketones (excluding diaryl/α,β-unsaturated/α-hetero) is 1. The first-order valence-corrected chi connectivity index (χ1v) is 5.06.